The van der Waals surface area contributed by atoms with Gasteiger partial charge in [0.15, 0.2) is 0 Å². The molecule has 5 heteroatoms. The van der Waals surface area contributed by atoms with Crippen LogP contribution in [0.5, 0.6) is 0 Å². The average Bonchev–Trinajstić information content (AvgIpc) is 3.51. The number of benzene rings is 5. The third-order valence-electron chi connectivity index (χ3n) is 12.8. The van der Waals surface area contributed by atoms with E-state index in [1.165, 1.54) is 66.7 Å². The fourth-order valence-electron chi connectivity index (χ4n) is 10.0. The molecule has 3 aliphatic heterocycles. The zero-order chi connectivity index (χ0) is 36.7. The van der Waals surface area contributed by atoms with Crippen LogP contribution in [-0.4, -0.2) is 14.5 Å². The predicted molar refractivity (Wildman–Crippen MR) is 222 cm³/mol. The van der Waals surface area contributed by atoms with Crippen molar-refractivity contribution in [1.82, 2.24) is 14.5 Å². The fraction of sp³-hybridized carbons (Fsp3) is 0.184. The number of nitrogens with zero attached hydrogens (tertiary/aromatic N) is 5. The van der Waals surface area contributed by atoms with E-state index in [0.29, 0.717) is 0 Å². The summed E-state index contributed by atoms with van der Waals surface area (Å²) in [6, 6.07) is 47.1. The van der Waals surface area contributed by atoms with E-state index in [4.69, 9.17) is 9.97 Å². The van der Waals surface area contributed by atoms with Gasteiger partial charge in [-0.25, -0.2) is 9.97 Å². The molecule has 5 aromatic carbocycles. The van der Waals surface area contributed by atoms with Crippen molar-refractivity contribution in [3.8, 4) is 5.69 Å². The Kier molecular flexibility index (Phi) is 6.08. The van der Waals surface area contributed by atoms with Gasteiger partial charge in [0.25, 0.3) is 0 Å². The van der Waals surface area contributed by atoms with E-state index in [9.17, 15) is 0 Å². The van der Waals surface area contributed by atoms with Gasteiger partial charge in [-0.15, -0.1) is 0 Å². The summed E-state index contributed by atoms with van der Waals surface area (Å²) in [4.78, 5) is 14.9. The van der Waals surface area contributed by atoms with Crippen LogP contribution >= 0.6 is 0 Å². The number of pyridine rings is 2. The number of fused-ring (bicyclic) bond motifs is 9. The molecule has 3 aliphatic rings. The molecule has 0 saturated carbocycles. The fourth-order valence-corrected chi connectivity index (χ4v) is 10.0. The van der Waals surface area contributed by atoms with Crippen molar-refractivity contribution < 1.29 is 0 Å². The summed E-state index contributed by atoms with van der Waals surface area (Å²) in [5.74, 6) is 1.99. The lowest BCUT2D eigenvalue weighted by Gasteiger charge is -2.48. The highest BCUT2D eigenvalue weighted by Crippen LogP contribution is 2.60. The van der Waals surface area contributed by atoms with Gasteiger partial charge in [-0.05, 0) is 70.8 Å². The van der Waals surface area contributed by atoms with Crippen LogP contribution in [0.3, 0.4) is 0 Å². The van der Waals surface area contributed by atoms with Crippen molar-refractivity contribution in [2.75, 3.05) is 9.80 Å². The van der Waals surface area contributed by atoms with Gasteiger partial charge in [-0.3, -0.25) is 9.80 Å². The monoisotopic (exact) mass is 699 g/mol. The van der Waals surface area contributed by atoms with E-state index in [-0.39, 0.29) is 16.2 Å². The normalized spacial score (nSPS) is 16.7. The van der Waals surface area contributed by atoms with Gasteiger partial charge in [0.1, 0.15) is 11.6 Å². The molecule has 3 aromatic heterocycles. The quantitative estimate of drug-likeness (QED) is 0.180. The number of aromatic nitrogens is 3. The van der Waals surface area contributed by atoms with Crippen LogP contribution in [0, 0.1) is 0 Å². The summed E-state index contributed by atoms with van der Waals surface area (Å²) in [5, 5.41) is 2.45. The molecule has 8 aromatic rings. The number of anilines is 6. The van der Waals surface area contributed by atoms with E-state index in [2.05, 4.69) is 183 Å². The largest absolute Gasteiger partial charge is 0.309 e. The predicted octanol–water partition coefficient (Wildman–Crippen LogP) is 12.4. The molecule has 0 N–H and O–H groups in total. The van der Waals surface area contributed by atoms with E-state index < -0.39 is 0 Å². The summed E-state index contributed by atoms with van der Waals surface area (Å²) in [6.45, 7) is 14.0. The van der Waals surface area contributed by atoms with Crippen LogP contribution in [0.2, 0.25) is 0 Å². The lowest BCUT2D eigenvalue weighted by atomic mass is 9.67. The highest BCUT2D eigenvalue weighted by Gasteiger charge is 2.46. The molecule has 5 nitrogen and oxygen atoms in total. The van der Waals surface area contributed by atoms with Gasteiger partial charge in [-0.1, -0.05) is 120 Å². The molecular formula is C49H41N5. The number of hydrogen-bond acceptors (Lipinski definition) is 4. The van der Waals surface area contributed by atoms with Gasteiger partial charge < -0.3 is 4.57 Å². The molecule has 0 bridgehead atoms. The number of hydrogen-bond donors (Lipinski definition) is 0. The summed E-state index contributed by atoms with van der Waals surface area (Å²) >= 11 is 0. The smallest absolute Gasteiger partial charge is 0.141 e. The zero-order valence-electron chi connectivity index (χ0n) is 31.5. The highest BCUT2D eigenvalue weighted by atomic mass is 15.2. The maximum absolute atomic E-state index is 5.10. The summed E-state index contributed by atoms with van der Waals surface area (Å²) in [6.07, 6.45) is 3.85. The Labute approximate surface area is 316 Å². The van der Waals surface area contributed by atoms with E-state index in [1.807, 2.05) is 12.4 Å². The maximum atomic E-state index is 5.10. The molecule has 11 rings (SSSR count). The molecule has 0 aliphatic carbocycles. The molecule has 0 unspecified atom stereocenters. The van der Waals surface area contributed by atoms with Crippen molar-refractivity contribution in [3.63, 3.8) is 0 Å². The Morgan fingerprint density at radius 1 is 0.407 bits per heavy atom. The molecule has 0 amide bonds. The number of rotatable bonds is 2. The van der Waals surface area contributed by atoms with Crippen molar-refractivity contribution in [3.05, 3.63) is 173 Å². The molecule has 0 spiro atoms. The first-order valence-corrected chi connectivity index (χ1v) is 19.0. The Morgan fingerprint density at radius 3 is 1.72 bits per heavy atom. The molecule has 262 valence electrons. The zero-order valence-corrected chi connectivity index (χ0v) is 31.5. The maximum Gasteiger partial charge on any atom is 0.141 e. The third kappa shape index (κ3) is 3.89. The van der Waals surface area contributed by atoms with Crippen LogP contribution < -0.4 is 9.80 Å². The van der Waals surface area contributed by atoms with Crippen molar-refractivity contribution in [1.29, 1.82) is 0 Å². The second-order valence-corrected chi connectivity index (χ2v) is 16.8. The van der Waals surface area contributed by atoms with Gasteiger partial charge >= 0.3 is 0 Å². The molecule has 0 atom stereocenters. The minimum absolute atomic E-state index is 0.178. The third-order valence-corrected chi connectivity index (χ3v) is 12.8. The molecule has 0 saturated heterocycles. The van der Waals surface area contributed by atoms with Crippen molar-refractivity contribution >= 4 is 56.2 Å². The van der Waals surface area contributed by atoms with Gasteiger partial charge in [0, 0.05) is 61.9 Å². The molecule has 0 radical (unpaired) electrons. The Bertz CT molecular complexity index is 2830. The molecule has 0 fully saturated rings. The van der Waals surface area contributed by atoms with E-state index in [1.54, 1.807) is 0 Å². The van der Waals surface area contributed by atoms with E-state index >= 15 is 0 Å². The first kappa shape index (κ1) is 31.3. The first-order valence-electron chi connectivity index (χ1n) is 19.0. The van der Waals surface area contributed by atoms with Crippen LogP contribution in [0.15, 0.2) is 140 Å². The van der Waals surface area contributed by atoms with E-state index in [0.717, 1.165) is 28.5 Å². The topological polar surface area (TPSA) is 37.2 Å². The summed E-state index contributed by atoms with van der Waals surface area (Å²) in [5.41, 5.74) is 15.3. The minimum Gasteiger partial charge on any atom is -0.309 e. The average molecular weight is 700 g/mol. The molecule has 6 heterocycles. The van der Waals surface area contributed by atoms with Gasteiger partial charge in [0.05, 0.1) is 28.1 Å². The Balaban J connectivity index is 1.17. The van der Waals surface area contributed by atoms with Crippen LogP contribution in [-0.2, 0) is 16.2 Å². The SMILES string of the molecule is CC1(C)c2ccccc2N(c2ccc3c4ccccc4n(-c4ccc5c(c4)N4c6ncccc6C(C)(C)c6cccc(c64)C5(C)C)c3c2)c2ncccc21. The second kappa shape index (κ2) is 10.5. The second-order valence-electron chi connectivity index (χ2n) is 16.8. The van der Waals surface area contributed by atoms with Gasteiger partial charge in [-0.2, -0.15) is 0 Å². The lowest BCUT2D eigenvalue weighted by Crippen LogP contribution is -2.38. The lowest BCUT2D eigenvalue weighted by molar-refractivity contribution is 0.594. The Hall–Kier alpha value is -6.20. The van der Waals surface area contributed by atoms with Crippen molar-refractivity contribution in [2.24, 2.45) is 0 Å². The molecular weight excluding hydrogens is 659 g/mol. The van der Waals surface area contributed by atoms with Crippen LogP contribution in [0.25, 0.3) is 27.5 Å². The van der Waals surface area contributed by atoms with Crippen LogP contribution in [0.1, 0.15) is 74.9 Å². The first-order chi connectivity index (χ1) is 26.1. The van der Waals surface area contributed by atoms with Gasteiger partial charge in [0.2, 0.25) is 0 Å². The minimum atomic E-state index is -0.206. The molecule has 54 heavy (non-hydrogen) atoms. The number of para-hydroxylation sites is 3. The summed E-state index contributed by atoms with van der Waals surface area (Å²) < 4.78 is 2.45. The highest BCUT2D eigenvalue weighted by molar-refractivity contribution is 6.10. The summed E-state index contributed by atoms with van der Waals surface area (Å²) in [7, 11) is 0. The Morgan fingerprint density at radius 2 is 0.963 bits per heavy atom. The van der Waals surface area contributed by atoms with Crippen molar-refractivity contribution in [2.45, 2.75) is 57.8 Å². The van der Waals surface area contributed by atoms with Crippen LogP contribution in [0.4, 0.5) is 34.4 Å². The standard InChI is InChI=1S/C49H41N5/c1-47(2)35-25-23-30(29-43(35)54-44-36(47)16-11-17-37(44)49(5,6)39-19-13-27-51-46(39)54)52-40-20-9-7-14-32(40)33-24-22-31(28-42(33)52)53-41-21-10-8-15-34(41)48(3,4)38-18-12-26-50-45(38)53/h7-29H,1-6H3.